The highest BCUT2D eigenvalue weighted by molar-refractivity contribution is 6.19. The Morgan fingerprint density at radius 1 is 1.08 bits per heavy atom. The SMILES string of the molecule is C=C(C(=O)OC1CC2CCC(C1)N2C)c1cccc2ccccc12. The second-order valence-electron chi connectivity index (χ2n) is 7.05. The predicted molar refractivity (Wildman–Crippen MR) is 96.7 cm³/mol. The molecular formula is C21H23NO2. The van der Waals surface area contributed by atoms with Gasteiger partial charge in [-0.15, -0.1) is 0 Å². The molecule has 2 aromatic carbocycles. The normalized spacial score (nSPS) is 26.5. The molecule has 2 unspecified atom stereocenters. The number of hydrogen-bond donors (Lipinski definition) is 0. The summed E-state index contributed by atoms with van der Waals surface area (Å²) in [6, 6.07) is 15.1. The summed E-state index contributed by atoms with van der Waals surface area (Å²) in [5.41, 5.74) is 1.33. The fourth-order valence-electron chi connectivity index (χ4n) is 4.28. The number of carbonyl (C=O) groups excluding carboxylic acids is 1. The number of fused-ring (bicyclic) bond motifs is 3. The van der Waals surface area contributed by atoms with Crippen molar-refractivity contribution in [3.8, 4) is 0 Å². The van der Waals surface area contributed by atoms with Crippen molar-refractivity contribution in [3.05, 3.63) is 54.6 Å². The molecule has 0 N–H and O–H groups in total. The minimum absolute atomic E-state index is 0.0259. The fraction of sp³-hybridized carbons (Fsp3) is 0.381. The van der Waals surface area contributed by atoms with Crippen molar-refractivity contribution >= 4 is 22.3 Å². The molecule has 4 rings (SSSR count). The van der Waals surface area contributed by atoms with Gasteiger partial charge in [0.05, 0.1) is 5.57 Å². The lowest BCUT2D eigenvalue weighted by atomic mass is 9.98. The molecule has 3 nitrogen and oxygen atoms in total. The van der Waals surface area contributed by atoms with Gasteiger partial charge >= 0.3 is 5.97 Å². The van der Waals surface area contributed by atoms with Gasteiger partial charge in [-0.2, -0.15) is 0 Å². The monoisotopic (exact) mass is 321 g/mol. The van der Waals surface area contributed by atoms with Crippen LogP contribution < -0.4 is 0 Å². The number of piperidine rings is 1. The zero-order chi connectivity index (χ0) is 16.7. The highest BCUT2D eigenvalue weighted by Crippen LogP contribution is 2.36. The van der Waals surface area contributed by atoms with Gasteiger partial charge in [0.1, 0.15) is 6.10 Å². The Kier molecular flexibility index (Phi) is 3.89. The molecule has 24 heavy (non-hydrogen) atoms. The molecule has 0 spiro atoms. The van der Waals surface area contributed by atoms with Crippen LogP contribution >= 0.6 is 0 Å². The maximum Gasteiger partial charge on any atom is 0.338 e. The third-order valence-electron chi connectivity index (χ3n) is 5.69. The Labute approximate surface area is 142 Å². The van der Waals surface area contributed by atoms with Crippen LogP contribution in [-0.2, 0) is 9.53 Å². The third kappa shape index (κ3) is 2.63. The van der Waals surface area contributed by atoms with E-state index in [-0.39, 0.29) is 12.1 Å². The topological polar surface area (TPSA) is 29.5 Å². The molecule has 3 heteroatoms. The van der Waals surface area contributed by atoms with Crippen LogP contribution in [0.4, 0.5) is 0 Å². The number of hydrogen-bond acceptors (Lipinski definition) is 3. The van der Waals surface area contributed by atoms with Crippen molar-refractivity contribution in [2.45, 2.75) is 43.9 Å². The van der Waals surface area contributed by atoms with Gasteiger partial charge in [-0.05, 0) is 36.2 Å². The van der Waals surface area contributed by atoms with Crippen LogP contribution in [0.25, 0.3) is 16.3 Å². The zero-order valence-corrected chi connectivity index (χ0v) is 14.1. The van der Waals surface area contributed by atoms with Crippen molar-refractivity contribution in [1.29, 1.82) is 0 Å². The fourth-order valence-corrected chi connectivity index (χ4v) is 4.28. The Morgan fingerprint density at radius 2 is 1.75 bits per heavy atom. The first-order chi connectivity index (χ1) is 11.6. The lowest BCUT2D eigenvalue weighted by Gasteiger charge is -2.35. The Morgan fingerprint density at radius 3 is 2.50 bits per heavy atom. The van der Waals surface area contributed by atoms with Crippen molar-refractivity contribution in [1.82, 2.24) is 4.90 Å². The van der Waals surface area contributed by atoms with E-state index in [9.17, 15) is 4.79 Å². The first kappa shape index (κ1) is 15.4. The number of rotatable bonds is 3. The Hall–Kier alpha value is -2.13. The van der Waals surface area contributed by atoms with Gasteiger partial charge in [-0.3, -0.25) is 0 Å². The second kappa shape index (κ2) is 6.06. The van der Waals surface area contributed by atoms with Gasteiger partial charge in [-0.1, -0.05) is 49.0 Å². The van der Waals surface area contributed by atoms with Crippen LogP contribution in [0.1, 0.15) is 31.2 Å². The number of esters is 1. The first-order valence-corrected chi connectivity index (χ1v) is 8.73. The van der Waals surface area contributed by atoms with E-state index < -0.39 is 0 Å². The quantitative estimate of drug-likeness (QED) is 0.631. The lowest BCUT2D eigenvalue weighted by molar-refractivity contribution is -0.145. The van der Waals surface area contributed by atoms with Crippen LogP contribution in [0.5, 0.6) is 0 Å². The molecule has 2 fully saturated rings. The van der Waals surface area contributed by atoms with Crippen LogP contribution in [0.15, 0.2) is 49.0 Å². The smallest absolute Gasteiger partial charge is 0.338 e. The summed E-state index contributed by atoms with van der Waals surface area (Å²) in [6.07, 6.45) is 4.36. The number of carbonyl (C=O) groups is 1. The molecule has 0 radical (unpaired) electrons. The van der Waals surface area contributed by atoms with Crippen LogP contribution in [0.3, 0.4) is 0 Å². The second-order valence-corrected chi connectivity index (χ2v) is 7.05. The van der Waals surface area contributed by atoms with Crippen LogP contribution in [0.2, 0.25) is 0 Å². The summed E-state index contributed by atoms with van der Waals surface area (Å²) in [4.78, 5) is 15.1. The molecule has 2 aromatic rings. The summed E-state index contributed by atoms with van der Waals surface area (Å²) in [7, 11) is 2.19. The third-order valence-corrected chi connectivity index (χ3v) is 5.69. The van der Waals surface area contributed by atoms with E-state index in [0.29, 0.717) is 17.7 Å². The zero-order valence-electron chi connectivity index (χ0n) is 14.1. The van der Waals surface area contributed by atoms with Crippen molar-refractivity contribution < 1.29 is 9.53 Å². The number of ether oxygens (including phenoxy) is 1. The Bertz CT molecular complexity index is 778. The molecule has 2 atom stereocenters. The largest absolute Gasteiger partial charge is 0.459 e. The van der Waals surface area contributed by atoms with E-state index in [4.69, 9.17) is 4.74 Å². The van der Waals surface area contributed by atoms with E-state index >= 15 is 0 Å². The van der Waals surface area contributed by atoms with E-state index in [1.807, 2.05) is 42.5 Å². The molecule has 2 saturated heterocycles. The summed E-state index contributed by atoms with van der Waals surface area (Å²) in [6.45, 7) is 4.02. The molecule has 124 valence electrons. The van der Waals surface area contributed by atoms with Gasteiger partial charge < -0.3 is 9.64 Å². The number of nitrogens with zero attached hydrogens (tertiary/aromatic N) is 1. The van der Waals surface area contributed by atoms with Gasteiger partial charge in [-0.25, -0.2) is 4.79 Å². The molecule has 2 aliphatic heterocycles. The highest BCUT2D eigenvalue weighted by atomic mass is 16.5. The highest BCUT2D eigenvalue weighted by Gasteiger charge is 2.40. The number of benzene rings is 2. The van der Waals surface area contributed by atoms with Crippen LogP contribution in [0, 0.1) is 0 Å². The van der Waals surface area contributed by atoms with Crippen molar-refractivity contribution in [3.63, 3.8) is 0 Å². The molecular weight excluding hydrogens is 298 g/mol. The van der Waals surface area contributed by atoms with E-state index in [1.54, 1.807) is 0 Å². The average molecular weight is 321 g/mol. The van der Waals surface area contributed by atoms with Crippen LogP contribution in [-0.4, -0.2) is 36.1 Å². The standard InChI is InChI=1S/C21H23NO2/c1-14(19-9-5-7-15-6-3-4-8-20(15)19)21(23)24-18-12-16-10-11-17(13-18)22(16)2/h3-9,16-18H,1,10-13H2,2H3. The van der Waals surface area contributed by atoms with Crippen molar-refractivity contribution in [2.75, 3.05) is 7.05 Å². The van der Waals surface area contributed by atoms with Gasteiger partial charge in [0.25, 0.3) is 0 Å². The summed E-state index contributed by atoms with van der Waals surface area (Å²) in [5, 5.41) is 2.16. The predicted octanol–water partition coefficient (Wildman–Crippen LogP) is 4.02. The van der Waals surface area contributed by atoms with Crippen molar-refractivity contribution in [2.24, 2.45) is 0 Å². The van der Waals surface area contributed by atoms with Gasteiger partial charge in [0, 0.05) is 24.9 Å². The minimum atomic E-state index is -0.277. The lowest BCUT2D eigenvalue weighted by Crippen LogP contribution is -2.43. The summed E-state index contributed by atoms with van der Waals surface area (Å²) in [5.74, 6) is -0.277. The average Bonchev–Trinajstić information content (AvgIpc) is 2.82. The van der Waals surface area contributed by atoms with E-state index in [0.717, 1.165) is 29.2 Å². The van der Waals surface area contributed by atoms with E-state index in [2.05, 4.69) is 18.5 Å². The Balaban J connectivity index is 1.51. The molecule has 0 aliphatic carbocycles. The maximum absolute atomic E-state index is 12.6. The molecule has 0 aromatic heterocycles. The minimum Gasteiger partial charge on any atom is -0.459 e. The maximum atomic E-state index is 12.6. The van der Waals surface area contributed by atoms with Gasteiger partial charge in [0.15, 0.2) is 0 Å². The molecule has 0 amide bonds. The first-order valence-electron chi connectivity index (χ1n) is 8.73. The molecule has 0 saturated carbocycles. The van der Waals surface area contributed by atoms with Gasteiger partial charge in [0.2, 0.25) is 0 Å². The molecule has 2 bridgehead atoms. The molecule has 2 heterocycles. The molecule has 2 aliphatic rings. The summed E-state index contributed by atoms with van der Waals surface area (Å²) < 4.78 is 5.82. The summed E-state index contributed by atoms with van der Waals surface area (Å²) >= 11 is 0. The van der Waals surface area contributed by atoms with E-state index in [1.165, 1.54) is 12.8 Å².